The van der Waals surface area contributed by atoms with Gasteiger partial charge in [0.1, 0.15) is 0 Å². The van der Waals surface area contributed by atoms with E-state index in [0.29, 0.717) is 5.92 Å². The van der Waals surface area contributed by atoms with Crippen LogP contribution in [-0.2, 0) is 107 Å². The Balaban J connectivity index is -0.0000000348. The van der Waals surface area contributed by atoms with Gasteiger partial charge >= 0.3 is 58.4 Å². The van der Waals surface area contributed by atoms with Gasteiger partial charge in [0, 0.05) is 0 Å². The molecule has 1 unspecified atom stereocenters. The Morgan fingerprint density at radius 1 is 0.900 bits per heavy atom. The van der Waals surface area contributed by atoms with Crippen molar-refractivity contribution in [1.29, 1.82) is 0 Å². The molecule has 0 rings (SSSR count). The first kappa shape index (κ1) is 39.0. The van der Waals surface area contributed by atoms with Crippen LogP contribution < -0.4 is 19.6 Å². The van der Waals surface area contributed by atoms with E-state index in [1.807, 2.05) is 6.92 Å². The zero-order chi connectivity index (χ0) is 14.9. The van der Waals surface area contributed by atoms with E-state index in [1.54, 1.807) is 0 Å². The van der Waals surface area contributed by atoms with Crippen LogP contribution in [0.2, 0.25) is 0 Å². The van der Waals surface area contributed by atoms with Gasteiger partial charge in [-0.3, -0.25) is 0 Å². The summed E-state index contributed by atoms with van der Waals surface area (Å²) in [6, 6.07) is 0. The van der Waals surface area contributed by atoms with Crippen molar-refractivity contribution in [3.05, 3.63) is 0 Å². The van der Waals surface area contributed by atoms with Crippen LogP contribution in [0.25, 0.3) is 0 Å². The summed E-state index contributed by atoms with van der Waals surface area (Å²) in [5.41, 5.74) is -7.44. The molecule has 108 valence electrons. The Labute approximate surface area is 180 Å². The predicted octanol–water partition coefficient (Wildman–Crippen LogP) is -1.64. The number of rotatable bonds is 2. The normalized spacial score (nSPS) is 11.2. The van der Waals surface area contributed by atoms with E-state index >= 15 is 0 Å². The van der Waals surface area contributed by atoms with Crippen molar-refractivity contribution >= 4 is 59.5 Å². The van der Waals surface area contributed by atoms with Gasteiger partial charge in [-0.05, 0) is 19.3 Å². The first-order valence-corrected chi connectivity index (χ1v) is 11.6. The third kappa shape index (κ3) is 157. The molecular weight excluding hydrogens is 538 g/mol. The SMILES string of the molecule is CC(C)CC(C)O.[O-]P([O-])(=S)[S-].[O-]P([O-])(=S)[S-].[Zn+2].[Zn+2].[Zn+2]. The molecule has 14 heteroatoms. The first-order chi connectivity index (χ1) is 7.13. The van der Waals surface area contributed by atoms with Crippen LogP contribution in [0.5, 0.6) is 0 Å². The van der Waals surface area contributed by atoms with Crippen LogP contribution >= 0.6 is 11.4 Å². The van der Waals surface area contributed by atoms with Crippen molar-refractivity contribution in [3.63, 3.8) is 0 Å². The smallest absolute Gasteiger partial charge is 0.850 e. The van der Waals surface area contributed by atoms with Crippen LogP contribution in [0.15, 0.2) is 0 Å². The summed E-state index contributed by atoms with van der Waals surface area (Å²) in [4.78, 5) is 37.2. The second kappa shape index (κ2) is 20.7. The minimum absolute atomic E-state index is 0. The molecule has 0 aliphatic carbocycles. The summed E-state index contributed by atoms with van der Waals surface area (Å²) in [5, 5.41) is 8.72. The standard InChI is InChI=1S/C6H14O.2H3O2PS2.3Zn/c1-5(2)4-6(3)7;2*1-3(2,4)5;;;/h5-7H,4H2,1-3H3;2*(H3,1,2,4,5);;;/q;;;3*+2/p-6. The third-order valence-electron chi connectivity index (χ3n) is 0.813. The molecule has 5 nitrogen and oxygen atoms in total. The van der Waals surface area contributed by atoms with Crippen LogP contribution in [0.4, 0.5) is 0 Å². The molecule has 0 aromatic rings. The molecule has 0 aromatic heterocycles. The van der Waals surface area contributed by atoms with Gasteiger partial charge in [-0.25, -0.2) is 0 Å². The van der Waals surface area contributed by atoms with Gasteiger partial charge in [-0.1, -0.05) is 13.8 Å². The number of aliphatic hydroxyl groups excluding tert-OH is 1. The number of hydrogen-bond acceptors (Lipinski definition) is 9. The van der Waals surface area contributed by atoms with E-state index < -0.39 is 11.4 Å². The fraction of sp³-hybridized carbons (Fsp3) is 1.00. The first-order valence-electron chi connectivity index (χ1n) is 4.27. The van der Waals surface area contributed by atoms with Crippen molar-refractivity contribution in [3.8, 4) is 0 Å². The molecule has 1 atom stereocenters. The summed E-state index contributed by atoms with van der Waals surface area (Å²) in [7, 11) is 0. The second-order valence-corrected chi connectivity index (χ2v) is 12.3. The van der Waals surface area contributed by atoms with Crippen molar-refractivity contribution < 1.29 is 83.1 Å². The Morgan fingerprint density at radius 2 is 1.05 bits per heavy atom. The monoisotopic (exact) mass is 548 g/mol. The molecule has 0 heterocycles. The molecule has 0 bridgehead atoms. The molecule has 20 heavy (non-hydrogen) atoms. The molecule has 0 amide bonds. The molecule has 0 saturated carbocycles. The minimum atomic E-state index is -3.72. The van der Waals surface area contributed by atoms with Gasteiger partial charge in [-0.2, -0.15) is 23.6 Å². The van der Waals surface area contributed by atoms with E-state index in [2.05, 4.69) is 62.0 Å². The van der Waals surface area contributed by atoms with E-state index in [1.165, 1.54) is 0 Å². The maximum absolute atomic E-state index is 9.29. The number of hydrogen-bond donors (Lipinski definition) is 1. The van der Waals surface area contributed by atoms with Crippen molar-refractivity contribution in [2.75, 3.05) is 0 Å². The summed E-state index contributed by atoms with van der Waals surface area (Å²) in [6.45, 7) is 6.03. The molecule has 0 aromatic carbocycles. The van der Waals surface area contributed by atoms with E-state index in [-0.39, 0.29) is 64.5 Å². The van der Waals surface area contributed by atoms with Crippen LogP contribution in [-0.4, -0.2) is 11.2 Å². The van der Waals surface area contributed by atoms with Gasteiger partial charge in [0.15, 0.2) is 0 Å². The average Bonchev–Trinajstić information content (AvgIpc) is 1.71. The van der Waals surface area contributed by atoms with E-state index in [9.17, 15) is 19.6 Å². The van der Waals surface area contributed by atoms with Crippen LogP contribution in [0.3, 0.4) is 0 Å². The minimum Gasteiger partial charge on any atom is -0.850 e. The maximum atomic E-state index is 9.29. The molecule has 0 aliphatic rings. The molecule has 1 N–H and O–H groups in total. The second-order valence-electron chi connectivity index (χ2n) is 3.37. The summed E-state index contributed by atoms with van der Waals surface area (Å²) >= 11 is 14.6. The topological polar surface area (TPSA) is 112 Å². The van der Waals surface area contributed by atoms with Crippen molar-refractivity contribution in [1.82, 2.24) is 0 Å². The summed E-state index contributed by atoms with van der Waals surface area (Å²) < 4.78 is 0. The Bertz CT molecular complexity index is 231. The largest absolute Gasteiger partial charge is 2.00 e. The van der Waals surface area contributed by atoms with Gasteiger partial charge in [-0.15, -0.1) is 0 Å². The third-order valence-corrected chi connectivity index (χ3v) is 0.813. The fourth-order valence-electron chi connectivity index (χ4n) is 0.682. The van der Waals surface area contributed by atoms with Crippen molar-refractivity contribution in [2.45, 2.75) is 33.3 Å². The van der Waals surface area contributed by atoms with Crippen LogP contribution in [0.1, 0.15) is 27.2 Å². The predicted molar refractivity (Wildman–Crippen MR) is 74.4 cm³/mol. The Hall–Kier alpha value is 3.67. The van der Waals surface area contributed by atoms with Crippen molar-refractivity contribution in [2.24, 2.45) is 5.92 Å². The molecule has 0 radical (unpaired) electrons. The van der Waals surface area contributed by atoms with Crippen LogP contribution in [0, 0.1) is 5.92 Å². The van der Waals surface area contributed by atoms with Gasteiger partial charge in [0.2, 0.25) is 0 Å². The van der Waals surface area contributed by atoms with E-state index in [0.717, 1.165) is 6.42 Å². The molecule has 0 aliphatic heterocycles. The number of aliphatic hydroxyl groups is 1. The van der Waals surface area contributed by atoms with E-state index in [4.69, 9.17) is 5.11 Å². The molecular formula is C6H14O5P2S4Zn3. The molecule has 0 fully saturated rings. The molecule has 0 spiro atoms. The van der Waals surface area contributed by atoms with Gasteiger partial charge < -0.3 is 60.6 Å². The molecule has 0 saturated heterocycles. The average molecular weight is 553 g/mol. The zero-order valence-corrected chi connectivity index (χ0v) is 25.5. The quantitative estimate of drug-likeness (QED) is 0.245. The van der Waals surface area contributed by atoms with Gasteiger partial charge in [0.05, 0.1) is 6.10 Å². The maximum Gasteiger partial charge on any atom is 2.00 e. The summed E-state index contributed by atoms with van der Waals surface area (Å²) in [5.74, 6) is 0.625. The zero-order valence-electron chi connectivity index (χ0n) is 11.6. The van der Waals surface area contributed by atoms with Gasteiger partial charge in [0.25, 0.3) is 0 Å². The fourth-order valence-corrected chi connectivity index (χ4v) is 0.682. The Kier molecular flexibility index (Phi) is 40.4. The summed E-state index contributed by atoms with van der Waals surface area (Å²) in [6.07, 6.45) is 0.792. The Morgan fingerprint density at radius 3 is 1.05 bits per heavy atom.